The first kappa shape index (κ1) is 22.9. The Kier molecular flexibility index (Phi) is 6.42. The molecule has 5 aromatic rings. The molecule has 0 aliphatic heterocycles. The van der Waals surface area contributed by atoms with Crippen LogP contribution in [0.1, 0.15) is 23.1 Å². The highest BCUT2D eigenvalue weighted by molar-refractivity contribution is 7.15. The molecule has 0 atom stereocenters. The molecule has 2 aromatic heterocycles. The topological polar surface area (TPSA) is 62.1 Å². The van der Waals surface area contributed by atoms with Crippen LogP contribution in [0.4, 0.5) is 0 Å². The van der Waals surface area contributed by atoms with Gasteiger partial charge in [-0.25, -0.2) is 9.38 Å². The monoisotopic (exact) mass is 486 g/mol. The Hall–Kier alpha value is -3.84. The molecule has 0 fully saturated rings. The predicted octanol–water partition coefficient (Wildman–Crippen LogP) is 4.93. The van der Waals surface area contributed by atoms with Gasteiger partial charge < -0.3 is 14.2 Å². The van der Waals surface area contributed by atoms with Crippen molar-refractivity contribution in [3.8, 4) is 17.2 Å². The second-order valence-electron chi connectivity index (χ2n) is 8.36. The van der Waals surface area contributed by atoms with E-state index in [0.717, 1.165) is 34.3 Å². The molecule has 0 unspecified atom stereocenters. The average Bonchev–Trinajstić information content (AvgIpc) is 3.36. The molecule has 0 amide bonds. The standard InChI is InChI=1S/C28H26N2O4S/c1-18-9-11-23(19(2)15-18)33-13-6-14-34-24-12-10-20(16-25(24)32-3)17-26-27(31)30-22-8-5-4-7-21(22)29-28(30)35-26/h4-5,7-12,15-17H,6,13-14H2,1-3H3/b26-17-. The fourth-order valence-electron chi connectivity index (χ4n) is 4.04. The molecule has 0 saturated heterocycles. The Labute approximate surface area is 207 Å². The molecule has 2 heterocycles. The van der Waals surface area contributed by atoms with E-state index in [1.54, 1.807) is 11.5 Å². The first-order valence-electron chi connectivity index (χ1n) is 11.5. The maximum Gasteiger partial charge on any atom is 0.274 e. The van der Waals surface area contributed by atoms with Gasteiger partial charge in [-0.05, 0) is 61.4 Å². The Morgan fingerprint density at radius 2 is 1.71 bits per heavy atom. The van der Waals surface area contributed by atoms with Gasteiger partial charge in [-0.15, -0.1) is 0 Å². The third kappa shape index (κ3) is 4.72. The summed E-state index contributed by atoms with van der Waals surface area (Å²) in [4.78, 5) is 18.3. The minimum Gasteiger partial charge on any atom is -0.493 e. The van der Waals surface area contributed by atoms with E-state index in [9.17, 15) is 4.79 Å². The fourth-order valence-corrected chi connectivity index (χ4v) is 5.03. The lowest BCUT2D eigenvalue weighted by Gasteiger charge is -2.12. The van der Waals surface area contributed by atoms with E-state index in [0.29, 0.717) is 34.2 Å². The Bertz CT molecular complexity index is 1620. The normalized spacial score (nSPS) is 11.9. The van der Waals surface area contributed by atoms with Gasteiger partial charge in [0.1, 0.15) is 5.75 Å². The number of nitrogens with zero attached hydrogens (tertiary/aromatic N) is 2. The number of rotatable bonds is 8. The molecule has 0 saturated carbocycles. The van der Waals surface area contributed by atoms with Crippen LogP contribution >= 0.6 is 11.3 Å². The maximum atomic E-state index is 13.0. The number of fused-ring (bicyclic) bond motifs is 3. The highest BCUT2D eigenvalue weighted by Gasteiger charge is 2.11. The highest BCUT2D eigenvalue weighted by Crippen LogP contribution is 2.28. The zero-order valence-electron chi connectivity index (χ0n) is 19.9. The lowest BCUT2D eigenvalue weighted by atomic mass is 10.1. The second kappa shape index (κ2) is 9.80. The summed E-state index contributed by atoms with van der Waals surface area (Å²) in [6.07, 6.45) is 2.60. The van der Waals surface area contributed by atoms with Crippen molar-refractivity contribution in [2.45, 2.75) is 20.3 Å². The van der Waals surface area contributed by atoms with Crippen LogP contribution < -0.4 is 24.3 Å². The molecule has 7 heteroatoms. The molecule has 35 heavy (non-hydrogen) atoms. The van der Waals surface area contributed by atoms with Gasteiger partial charge in [0.25, 0.3) is 5.56 Å². The number of aryl methyl sites for hydroxylation is 2. The molecule has 0 bridgehead atoms. The van der Waals surface area contributed by atoms with Gasteiger partial charge in [-0.3, -0.25) is 4.79 Å². The first-order chi connectivity index (χ1) is 17.0. The van der Waals surface area contributed by atoms with Gasteiger partial charge in [-0.1, -0.05) is 47.2 Å². The van der Waals surface area contributed by atoms with Gasteiger partial charge in [0.15, 0.2) is 16.5 Å². The van der Waals surface area contributed by atoms with Crippen LogP contribution in [-0.4, -0.2) is 29.7 Å². The summed E-state index contributed by atoms with van der Waals surface area (Å²) in [7, 11) is 1.61. The summed E-state index contributed by atoms with van der Waals surface area (Å²) >= 11 is 1.38. The van der Waals surface area contributed by atoms with E-state index >= 15 is 0 Å². The zero-order valence-corrected chi connectivity index (χ0v) is 20.7. The van der Waals surface area contributed by atoms with Crippen LogP contribution in [0.25, 0.3) is 22.1 Å². The second-order valence-corrected chi connectivity index (χ2v) is 9.37. The number of imidazole rings is 1. The molecule has 0 N–H and O–H groups in total. The summed E-state index contributed by atoms with van der Waals surface area (Å²) in [5.41, 5.74) is 4.80. The fraction of sp³-hybridized carbons (Fsp3) is 0.214. The molecule has 5 rings (SSSR count). The number of benzene rings is 3. The van der Waals surface area contributed by atoms with Crippen molar-refractivity contribution in [3.63, 3.8) is 0 Å². The summed E-state index contributed by atoms with van der Waals surface area (Å²) < 4.78 is 19.6. The largest absolute Gasteiger partial charge is 0.493 e. The number of aromatic nitrogens is 2. The molecule has 3 aromatic carbocycles. The average molecular weight is 487 g/mol. The molecule has 6 nitrogen and oxygen atoms in total. The summed E-state index contributed by atoms with van der Waals surface area (Å²) in [6, 6.07) is 19.5. The predicted molar refractivity (Wildman–Crippen MR) is 140 cm³/mol. The molecule has 178 valence electrons. The van der Waals surface area contributed by atoms with Crippen LogP contribution in [0.2, 0.25) is 0 Å². The van der Waals surface area contributed by atoms with Gasteiger partial charge in [0.05, 0.1) is 35.9 Å². The third-order valence-corrected chi connectivity index (χ3v) is 6.73. The lowest BCUT2D eigenvalue weighted by Crippen LogP contribution is -2.22. The Morgan fingerprint density at radius 1 is 0.943 bits per heavy atom. The maximum absolute atomic E-state index is 13.0. The summed E-state index contributed by atoms with van der Waals surface area (Å²) in [6.45, 7) is 5.19. The van der Waals surface area contributed by atoms with Crippen LogP contribution in [0, 0.1) is 13.8 Å². The third-order valence-electron chi connectivity index (χ3n) is 5.76. The van der Waals surface area contributed by atoms with Crippen molar-refractivity contribution in [1.82, 2.24) is 9.38 Å². The van der Waals surface area contributed by atoms with Gasteiger partial charge >= 0.3 is 0 Å². The molecule has 0 aliphatic rings. The van der Waals surface area contributed by atoms with E-state index in [4.69, 9.17) is 14.2 Å². The number of hydrogen-bond donors (Lipinski definition) is 0. The van der Waals surface area contributed by atoms with Crippen molar-refractivity contribution in [3.05, 3.63) is 92.2 Å². The van der Waals surface area contributed by atoms with Crippen LogP contribution in [0.3, 0.4) is 0 Å². The Morgan fingerprint density at radius 3 is 2.51 bits per heavy atom. The minimum absolute atomic E-state index is 0.0678. The van der Waals surface area contributed by atoms with E-state index in [1.807, 2.05) is 67.6 Å². The zero-order chi connectivity index (χ0) is 24.4. The Balaban J connectivity index is 1.27. The smallest absolute Gasteiger partial charge is 0.274 e. The van der Waals surface area contributed by atoms with Gasteiger partial charge in [-0.2, -0.15) is 0 Å². The number of para-hydroxylation sites is 2. The van der Waals surface area contributed by atoms with Crippen molar-refractivity contribution < 1.29 is 14.2 Å². The van der Waals surface area contributed by atoms with Gasteiger partial charge in [0, 0.05) is 6.42 Å². The molecule has 0 spiro atoms. The van der Waals surface area contributed by atoms with E-state index in [1.165, 1.54) is 16.9 Å². The SMILES string of the molecule is COc1cc(/C=c2\sc3nc4ccccc4n3c2=O)ccc1OCCCOc1ccc(C)cc1C. The number of thiazole rings is 1. The molecular formula is C28H26N2O4S. The summed E-state index contributed by atoms with van der Waals surface area (Å²) in [5, 5.41) is 0. The highest BCUT2D eigenvalue weighted by atomic mass is 32.1. The van der Waals surface area contributed by atoms with E-state index in [2.05, 4.69) is 18.0 Å². The lowest BCUT2D eigenvalue weighted by molar-refractivity contribution is 0.239. The minimum atomic E-state index is -0.0678. The van der Waals surface area contributed by atoms with Crippen molar-refractivity contribution in [2.75, 3.05) is 20.3 Å². The summed E-state index contributed by atoms with van der Waals surface area (Å²) in [5.74, 6) is 2.18. The van der Waals surface area contributed by atoms with Crippen molar-refractivity contribution in [1.29, 1.82) is 0 Å². The number of ether oxygens (including phenoxy) is 3. The van der Waals surface area contributed by atoms with E-state index in [-0.39, 0.29) is 5.56 Å². The number of methoxy groups -OCH3 is 1. The molecular weight excluding hydrogens is 460 g/mol. The van der Waals surface area contributed by atoms with Gasteiger partial charge in [0.2, 0.25) is 0 Å². The molecule has 0 radical (unpaired) electrons. The van der Waals surface area contributed by atoms with Crippen molar-refractivity contribution >= 4 is 33.4 Å². The quantitative estimate of drug-likeness (QED) is 0.291. The molecule has 0 aliphatic carbocycles. The van der Waals surface area contributed by atoms with Crippen LogP contribution in [-0.2, 0) is 0 Å². The number of hydrogen-bond acceptors (Lipinski definition) is 6. The van der Waals surface area contributed by atoms with Crippen LogP contribution in [0.5, 0.6) is 17.2 Å². The van der Waals surface area contributed by atoms with E-state index < -0.39 is 0 Å². The first-order valence-corrected chi connectivity index (χ1v) is 12.3. The van der Waals surface area contributed by atoms with Crippen molar-refractivity contribution in [2.24, 2.45) is 0 Å². The van der Waals surface area contributed by atoms with Crippen LogP contribution in [0.15, 0.2) is 65.5 Å².